The van der Waals surface area contributed by atoms with Crippen molar-refractivity contribution in [3.63, 3.8) is 0 Å². The van der Waals surface area contributed by atoms with E-state index in [4.69, 9.17) is 5.73 Å². The molecule has 0 aliphatic heterocycles. The minimum Gasteiger partial charge on any atom is -0.507 e. The van der Waals surface area contributed by atoms with Crippen LogP contribution in [-0.2, 0) is 6.42 Å². The summed E-state index contributed by atoms with van der Waals surface area (Å²) in [6.07, 6.45) is 1.77. The van der Waals surface area contributed by atoms with Crippen LogP contribution in [0.3, 0.4) is 0 Å². The van der Waals surface area contributed by atoms with Crippen LogP contribution in [0.25, 0.3) is 0 Å². The smallest absolute Gasteiger partial charge is 0.255 e. The first-order valence-corrected chi connectivity index (χ1v) is 7.04. The summed E-state index contributed by atoms with van der Waals surface area (Å²) in [5, 5.41) is 13.0. The number of nitrogen functional groups attached to an aromatic ring is 1. The molecule has 1 aliphatic carbocycles. The van der Waals surface area contributed by atoms with Crippen molar-refractivity contribution in [1.82, 2.24) is 5.32 Å². The summed E-state index contributed by atoms with van der Waals surface area (Å²) in [6.45, 7) is 1.78. The number of carbonyl (C=O) groups excluding carboxylic acids is 1. The van der Waals surface area contributed by atoms with Crippen LogP contribution in [0.5, 0.6) is 5.75 Å². The Labute approximate surface area is 123 Å². The zero-order valence-corrected chi connectivity index (χ0v) is 11.9. The summed E-state index contributed by atoms with van der Waals surface area (Å²) in [4.78, 5) is 12.4. The van der Waals surface area contributed by atoms with E-state index >= 15 is 0 Å². The SMILES string of the molecule is Cc1cccc(C(=O)NC2CCc3cc(N)ccc32)c1O. The lowest BCUT2D eigenvalue weighted by atomic mass is 10.1. The summed E-state index contributed by atoms with van der Waals surface area (Å²) in [5.41, 5.74) is 9.85. The summed E-state index contributed by atoms with van der Waals surface area (Å²) in [5.74, 6) is -0.198. The number of para-hydroxylation sites is 1. The highest BCUT2D eigenvalue weighted by Crippen LogP contribution is 2.33. The Morgan fingerprint density at radius 1 is 1.33 bits per heavy atom. The second-order valence-electron chi connectivity index (χ2n) is 5.49. The van der Waals surface area contributed by atoms with Gasteiger partial charge in [-0.25, -0.2) is 0 Å². The van der Waals surface area contributed by atoms with Crippen LogP contribution in [0, 0.1) is 6.92 Å². The molecule has 1 amide bonds. The van der Waals surface area contributed by atoms with Gasteiger partial charge in [0.15, 0.2) is 0 Å². The van der Waals surface area contributed by atoms with Gasteiger partial charge in [0.1, 0.15) is 5.75 Å². The summed E-state index contributed by atoms with van der Waals surface area (Å²) in [6, 6.07) is 11.0. The van der Waals surface area contributed by atoms with Gasteiger partial charge >= 0.3 is 0 Å². The van der Waals surface area contributed by atoms with E-state index < -0.39 is 0 Å². The first-order valence-electron chi connectivity index (χ1n) is 7.04. The Balaban J connectivity index is 1.83. The molecule has 0 radical (unpaired) electrons. The van der Waals surface area contributed by atoms with Crippen molar-refractivity contribution < 1.29 is 9.90 Å². The molecule has 0 fully saturated rings. The lowest BCUT2D eigenvalue weighted by molar-refractivity contribution is 0.0934. The van der Waals surface area contributed by atoms with E-state index in [2.05, 4.69) is 5.32 Å². The van der Waals surface area contributed by atoms with Gasteiger partial charge in [-0.15, -0.1) is 0 Å². The van der Waals surface area contributed by atoms with Gasteiger partial charge in [-0.1, -0.05) is 18.2 Å². The van der Waals surface area contributed by atoms with E-state index in [-0.39, 0.29) is 17.7 Å². The number of phenols is 1. The molecule has 2 aromatic carbocycles. The number of rotatable bonds is 2. The number of nitrogens with one attached hydrogen (secondary N) is 1. The van der Waals surface area contributed by atoms with Crippen LogP contribution in [0.15, 0.2) is 36.4 Å². The second kappa shape index (κ2) is 5.13. The average Bonchev–Trinajstić information content (AvgIpc) is 2.84. The largest absolute Gasteiger partial charge is 0.507 e. The Hall–Kier alpha value is -2.49. The van der Waals surface area contributed by atoms with Crippen LogP contribution in [0.4, 0.5) is 5.69 Å². The molecule has 0 aromatic heterocycles. The van der Waals surface area contributed by atoms with Crippen molar-refractivity contribution in [1.29, 1.82) is 0 Å². The molecule has 21 heavy (non-hydrogen) atoms. The number of fused-ring (bicyclic) bond motifs is 1. The highest BCUT2D eigenvalue weighted by molar-refractivity contribution is 5.97. The zero-order chi connectivity index (χ0) is 15.0. The van der Waals surface area contributed by atoms with E-state index in [0.717, 1.165) is 24.1 Å². The third-order valence-electron chi connectivity index (χ3n) is 4.03. The van der Waals surface area contributed by atoms with Gasteiger partial charge < -0.3 is 16.2 Å². The van der Waals surface area contributed by atoms with Crippen LogP contribution < -0.4 is 11.1 Å². The number of phenolic OH excluding ortho intramolecular Hbond substituents is 1. The first-order chi connectivity index (χ1) is 10.1. The topological polar surface area (TPSA) is 75.4 Å². The molecular formula is C17H18N2O2. The first kappa shape index (κ1) is 13.5. The minimum absolute atomic E-state index is 0.0204. The lowest BCUT2D eigenvalue weighted by Gasteiger charge is -2.15. The average molecular weight is 282 g/mol. The van der Waals surface area contributed by atoms with Crippen LogP contribution in [0.2, 0.25) is 0 Å². The minimum atomic E-state index is -0.245. The van der Waals surface area contributed by atoms with E-state index in [1.165, 1.54) is 5.56 Å². The molecule has 4 nitrogen and oxygen atoms in total. The molecule has 4 heteroatoms. The molecule has 1 unspecified atom stereocenters. The fraction of sp³-hybridized carbons (Fsp3) is 0.235. The zero-order valence-electron chi connectivity index (χ0n) is 11.9. The van der Waals surface area contributed by atoms with E-state index in [0.29, 0.717) is 11.1 Å². The monoisotopic (exact) mass is 282 g/mol. The maximum absolute atomic E-state index is 12.4. The van der Waals surface area contributed by atoms with Crippen molar-refractivity contribution in [2.75, 3.05) is 5.73 Å². The third kappa shape index (κ3) is 2.44. The van der Waals surface area contributed by atoms with Crippen molar-refractivity contribution >= 4 is 11.6 Å². The molecule has 1 aliphatic rings. The quantitative estimate of drug-likeness (QED) is 0.741. The van der Waals surface area contributed by atoms with Gasteiger partial charge in [0.05, 0.1) is 11.6 Å². The van der Waals surface area contributed by atoms with Gasteiger partial charge in [-0.05, 0) is 54.7 Å². The van der Waals surface area contributed by atoms with E-state index in [1.54, 1.807) is 25.1 Å². The Morgan fingerprint density at radius 3 is 2.95 bits per heavy atom. The summed E-state index contributed by atoms with van der Waals surface area (Å²) in [7, 11) is 0. The van der Waals surface area contributed by atoms with Gasteiger partial charge in [0.2, 0.25) is 0 Å². The summed E-state index contributed by atoms with van der Waals surface area (Å²) >= 11 is 0. The molecule has 2 aromatic rings. The van der Waals surface area contributed by atoms with Gasteiger partial charge in [-0.3, -0.25) is 4.79 Å². The van der Waals surface area contributed by atoms with Crippen molar-refractivity contribution in [3.05, 3.63) is 58.7 Å². The molecule has 0 bridgehead atoms. The van der Waals surface area contributed by atoms with Gasteiger partial charge in [-0.2, -0.15) is 0 Å². The van der Waals surface area contributed by atoms with Crippen LogP contribution in [0.1, 0.15) is 39.5 Å². The Morgan fingerprint density at radius 2 is 2.14 bits per heavy atom. The predicted octanol–water partition coefficient (Wildman–Crippen LogP) is 2.70. The number of nitrogens with two attached hydrogens (primary N) is 1. The number of hydrogen-bond donors (Lipinski definition) is 3. The lowest BCUT2D eigenvalue weighted by Crippen LogP contribution is -2.27. The molecule has 108 valence electrons. The normalized spacial score (nSPS) is 16.5. The molecule has 0 heterocycles. The Kier molecular flexibility index (Phi) is 3.29. The maximum atomic E-state index is 12.4. The third-order valence-corrected chi connectivity index (χ3v) is 4.03. The fourth-order valence-corrected chi connectivity index (χ4v) is 2.87. The molecule has 0 saturated heterocycles. The van der Waals surface area contributed by atoms with Crippen LogP contribution in [-0.4, -0.2) is 11.0 Å². The Bertz CT molecular complexity index is 710. The highest BCUT2D eigenvalue weighted by atomic mass is 16.3. The fourth-order valence-electron chi connectivity index (χ4n) is 2.87. The van der Waals surface area contributed by atoms with E-state index in [1.807, 2.05) is 18.2 Å². The molecule has 0 spiro atoms. The standard InChI is InChI=1S/C17H18N2O2/c1-10-3-2-4-14(16(10)20)17(21)19-15-8-5-11-9-12(18)6-7-13(11)15/h2-4,6-7,9,15,20H,5,8,18H2,1H3,(H,19,21). The molecule has 1 atom stereocenters. The number of aryl methyl sites for hydroxylation is 2. The van der Waals surface area contributed by atoms with Crippen molar-refractivity contribution in [2.24, 2.45) is 0 Å². The summed E-state index contributed by atoms with van der Waals surface area (Å²) < 4.78 is 0. The number of aromatic hydroxyl groups is 1. The highest BCUT2D eigenvalue weighted by Gasteiger charge is 2.25. The number of amides is 1. The predicted molar refractivity (Wildman–Crippen MR) is 82.2 cm³/mol. The second-order valence-corrected chi connectivity index (χ2v) is 5.49. The molecular weight excluding hydrogens is 264 g/mol. The number of benzene rings is 2. The van der Waals surface area contributed by atoms with Crippen LogP contribution >= 0.6 is 0 Å². The van der Waals surface area contributed by atoms with Crippen molar-refractivity contribution in [3.8, 4) is 5.75 Å². The van der Waals surface area contributed by atoms with Crippen molar-refractivity contribution in [2.45, 2.75) is 25.8 Å². The van der Waals surface area contributed by atoms with E-state index in [9.17, 15) is 9.90 Å². The van der Waals surface area contributed by atoms with Gasteiger partial charge in [0.25, 0.3) is 5.91 Å². The molecule has 0 saturated carbocycles. The number of carbonyl (C=O) groups is 1. The maximum Gasteiger partial charge on any atom is 0.255 e. The number of hydrogen-bond acceptors (Lipinski definition) is 3. The molecule has 4 N–H and O–H groups in total. The molecule has 3 rings (SSSR count). The van der Waals surface area contributed by atoms with Gasteiger partial charge in [0, 0.05) is 5.69 Å². The number of anilines is 1.